The van der Waals surface area contributed by atoms with Gasteiger partial charge in [0, 0.05) is 5.38 Å². The minimum Gasteiger partial charge on any atom is -0.478 e. The number of anilines is 1. The molecule has 0 spiro atoms. The number of rotatable bonds is 2. The number of benzene rings is 1. The number of hydrogen-bond acceptors (Lipinski definition) is 3. The third kappa shape index (κ3) is 1.79. The first-order chi connectivity index (χ1) is 7.59. The molecule has 2 aromatic rings. The summed E-state index contributed by atoms with van der Waals surface area (Å²) in [6, 6.07) is 7.73. The second-order valence-corrected chi connectivity index (χ2v) is 4.45. The Labute approximate surface area is 97.2 Å². The molecule has 1 heterocycles. The lowest BCUT2D eigenvalue weighted by molar-refractivity contribution is 0.0699. The maximum Gasteiger partial charge on any atom is 0.339 e. The van der Waals surface area contributed by atoms with E-state index in [9.17, 15) is 4.79 Å². The number of nitrogen functional groups attached to an aromatic ring is 1. The highest BCUT2D eigenvalue weighted by Gasteiger charge is 2.17. The molecule has 4 heteroatoms. The number of aromatic carboxylic acids is 1. The van der Waals surface area contributed by atoms with E-state index in [-0.39, 0.29) is 5.56 Å². The number of aryl methyl sites for hydroxylation is 1. The van der Waals surface area contributed by atoms with Gasteiger partial charge in [0.1, 0.15) is 5.56 Å². The number of carboxylic acids is 1. The summed E-state index contributed by atoms with van der Waals surface area (Å²) in [7, 11) is 0. The molecule has 1 aromatic carbocycles. The van der Waals surface area contributed by atoms with E-state index in [1.54, 1.807) is 5.38 Å². The topological polar surface area (TPSA) is 63.3 Å². The molecule has 0 amide bonds. The molecule has 3 N–H and O–H groups in total. The van der Waals surface area contributed by atoms with E-state index >= 15 is 0 Å². The molecule has 0 bridgehead atoms. The average Bonchev–Trinajstić information content (AvgIpc) is 2.61. The molecular weight excluding hydrogens is 222 g/mol. The molecule has 0 saturated heterocycles. The maximum absolute atomic E-state index is 11.1. The smallest absolute Gasteiger partial charge is 0.339 e. The minimum absolute atomic E-state index is 0.203. The fraction of sp³-hybridized carbons (Fsp3) is 0.0833. The van der Waals surface area contributed by atoms with Gasteiger partial charge in [0.05, 0.1) is 10.6 Å². The van der Waals surface area contributed by atoms with Gasteiger partial charge in [-0.15, -0.1) is 11.3 Å². The van der Waals surface area contributed by atoms with E-state index in [1.807, 2.05) is 31.2 Å². The minimum atomic E-state index is -0.977. The van der Waals surface area contributed by atoms with E-state index < -0.39 is 5.97 Å². The van der Waals surface area contributed by atoms with Crippen molar-refractivity contribution in [3.8, 4) is 10.4 Å². The molecule has 0 radical (unpaired) electrons. The van der Waals surface area contributed by atoms with Crippen molar-refractivity contribution in [3.05, 3.63) is 40.8 Å². The van der Waals surface area contributed by atoms with E-state index in [0.29, 0.717) is 10.6 Å². The van der Waals surface area contributed by atoms with Crippen LogP contribution in [0.2, 0.25) is 0 Å². The highest BCUT2D eigenvalue weighted by Crippen LogP contribution is 2.34. The van der Waals surface area contributed by atoms with Gasteiger partial charge in [-0.2, -0.15) is 0 Å². The Balaban J connectivity index is 2.56. The quantitative estimate of drug-likeness (QED) is 0.838. The molecule has 0 aliphatic carbocycles. The first-order valence-electron chi connectivity index (χ1n) is 4.77. The van der Waals surface area contributed by atoms with Crippen molar-refractivity contribution in [2.45, 2.75) is 6.92 Å². The number of carbonyl (C=O) groups is 1. The van der Waals surface area contributed by atoms with Crippen LogP contribution in [-0.2, 0) is 0 Å². The highest BCUT2D eigenvalue weighted by atomic mass is 32.1. The van der Waals surface area contributed by atoms with Crippen LogP contribution in [0.15, 0.2) is 29.6 Å². The predicted octanol–water partition coefficient (Wildman–Crippen LogP) is 3.00. The average molecular weight is 233 g/mol. The molecule has 2 rings (SSSR count). The maximum atomic E-state index is 11.1. The summed E-state index contributed by atoms with van der Waals surface area (Å²) in [4.78, 5) is 11.8. The van der Waals surface area contributed by atoms with Gasteiger partial charge < -0.3 is 10.8 Å². The van der Waals surface area contributed by atoms with E-state index in [4.69, 9.17) is 10.8 Å². The van der Waals surface area contributed by atoms with Crippen LogP contribution in [0.4, 0.5) is 5.69 Å². The first-order valence-corrected chi connectivity index (χ1v) is 5.65. The van der Waals surface area contributed by atoms with Crippen LogP contribution in [-0.4, -0.2) is 11.1 Å². The van der Waals surface area contributed by atoms with Gasteiger partial charge >= 0.3 is 5.97 Å². The van der Waals surface area contributed by atoms with Gasteiger partial charge in [-0.25, -0.2) is 4.79 Å². The molecule has 0 fully saturated rings. The Bertz CT molecular complexity index is 528. The third-order valence-corrected chi connectivity index (χ3v) is 3.39. The normalized spacial score (nSPS) is 10.3. The number of hydrogen-bond donors (Lipinski definition) is 2. The summed E-state index contributed by atoms with van der Waals surface area (Å²) in [5, 5.41) is 10.7. The molecule has 0 atom stereocenters. The van der Waals surface area contributed by atoms with Crippen molar-refractivity contribution in [3.63, 3.8) is 0 Å². The molecule has 82 valence electrons. The van der Waals surface area contributed by atoms with Crippen LogP contribution < -0.4 is 5.73 Å². The van der Waals surface area contributed by atoms with Gasteiger partial charge in [-0.3, -0.25) is 0 Å². The van der Waals surface area contributed by atoms with Gasteiger partial charge in [-0.1, -0.05) is 29.8 Å². The van der Waals surface area contributed by atoms with Crippen LogP contribution in [0.25, 0.3) is 10.4 Å². The van der Waals surface area contributed by atoms with Crippen molar-refractivity contribution in [1.29, 1.82) is 0 Å². The number of thiophene rings is 1. The van der Waals surface area contributed by atoms with Crippen molar-refractivity contribution in [1.82, 2.24) is 0 Å². The molecule has 3 nitrogen and oxygen atoms in total. The molecule has 16 heavy (non-hydrogen) atoms. The van der Waals surface area contributed by atoms with Gasteiger partial charge in [0.15, 0.2) is 0 Å². The number of nitrogens with two attached hydrogens (primary N) is 1. The number of carboxylic acid groups (broad SMARTS) is 1. The highest BCUT2D eigenvalue weighted by molar-refractivity contribution is 7.14. The molecule has 0 saturated carbocycles. The zero-order valence-electron chi connectivity index (χ0n) is 8.73. The second-order valence-electron chi connectivity index (χ2n) is 3.57. The van der Waals surface area contributed by atoms with Crippen LogP contribution >= 0.6 is 11.3 Å². The van der Waals surface area contributed by atoms with Crippen LogP contribution in [0.5, 0.6) is 0 Å². The van der Waals surface area contributed by atoms with Gasteiger partial charge in [0.25, 0.3) is 0 Å². The lowest BCUT2D eigenvalue weighted by Crippen LogP contribution is -2.00. The second kappa shape index (κ2) is 3.98. The molecule has 0 aliphatic rings. The van der Waals surface area contributed by atoms with Crippen molar-refractivity contribution in [2.24, 2.45) is 0 Å². The fourth-order valence-electron chi connectivity index (χ4n) is 1.51. The van der Waals surface area contributed by atoms with Crippen molar-refractivity contribution < 1.29 is 9.90 Å². The van der Waals surface area contributed by atoms with E-state index in [1.165, 1.54) is 11.3 Å². The lowest BCUT2D eigenvalue weighted by atomic mass is 10.1. The standard InChI is InChI=1S/C12H11NO2S/c1-7-2-4-8(5-3-7)11-10(12(14)15)9(13)6-16-11/h2-6H,13H2,1H3,(H,14,15). The molecule has 0 aliphatic heterocycles. The monoisotopic (exact) mass is 233 g/mol. The summed E-state index contributed by atoms with van der Waals surface area (Å²) >= 11 is 1.36. The summed E-state index contributed by atoms with van der Waals surface area (Å²) in [6.07, 6.45) is 0. The fourth-order valence-corrected chi connectivity index (χ4v) is 2.47. The lowest BCUT2D eigenvalue weighted by Gasteiger charge is -2.01. The summed E-state index contributed by atoms with van der Waals surface area (Å²) < 4.78 is 0. The third-order valence-electron chi connectivity index (χ3n) is 2.35. The van der Waals surface area contributed by atoms with Crippen LogP contribution in [0.3, 0.4) is 0 Å². The zero-order valence-corrected chi connectivity index (χ0v) is 9.54. The first kappa shape index (κ1) is 10.7. The van der Waals surface area contributed by atoms with Crippen LogP contribution in [0, 0.1) is 6.92 Å². The van der Waals surface area contributed by atoms with Crippen molar-refractivity contribution >= 4 is 23.0 Å². The van der Waals surface area contributed by atoms with Crippen LogP contribution in [0.1, 0.15) is 15.9 Å². The summed E-state index contributed by atoms with van der Waals surface area (Å²) in [5.41, 5.74) is 8.21. The SMILES string of the molecule is Cc1ccc(-c2scc(N)c2C(=O)O)cc1. The predicted molar refractivity (Wildman–Crippen MR) is 65.9 cm³/mol. The van der Waals surface area contributed by atoms with Gasteiger partial charge in [0.2, 0.25) is 0 Å². The molecule has 0 unspecified atom stereocenters. The Morgan fingerprint density at radius 3 is 2.50 bits per heavy atom. The molecular formula is C12H11NO2S. The Morgan fingerprint density at radius 2 is 1.94 bits per heavy atom. The van der Waals surface area contributed by atoms with E-state index in [0.717, 1.165) is 11.1 Å². The summed E-state index contributed by atoms with van der Waals surface area (Å²) in [6.45, 7) is 1.99. The zero-order chi connectivity index (χ0) is 11.7. The largest absolute Gasteiger partial charge is 0.478 e. The summed E-state index contributed by atoms with van der Waals surface area (Å²) in [5.74, 6) is -0.977. The van der Waals surface area contributed by atoms with Crippen molar-refractivity contribution in [2.75, 3.05) is 5.73 Å². The molecule has 1 aromatic heterocycles. The van der Waals surface area contributed by atoms with Gasteiger partial charge in [-0.05, 0) is 12.5 Å². The van der Waals surface area contributed by atoms with E-state index in [2.05, 4.69) is 0 Å². The Morgan fingerprint density at radius 1 is 1.31 bits per heavy atom. The Kier molecular flexibility index (Phi) is 2.66. The Hall–Kier alpha value is -1.81.